The summed E-state index contributed by atoms with van der Waals surface area (Å²) in [6.45, 7) is 4.43. The maximum Gasteiger partial charge on any atom is 0.0135 e. The molecule has 0 aliphatic rings. The lowest BCUT2D eigenvalue weighted by molar-refractivity contribution is 0.532. The van der Waals surface area contributed by atoms with Crippen molar-refractivity contribution in [2.75, 3.05) is 5.75 Å². The fraction of sp³-hybridized carbons (Fsp3) is 0.950. The van der Waals surface area contributed by atoms with Crippen LogP contribution in [0.15, 0.2) is 0 Å². The second-order valence-electron chi connectivity index (χ2n) is 6.41. The van der Waals surface area contributed by atoms with Gasteiger partial charge in [0.15, 0.2) is 0 Å². The van der Waals surface area contributed by atoms with Crippen LogP contribution in [0.1, 0.15) is 117 Å². The lowest BCUT2D eigenvalue weighted by Crippen LogP contribution is -1.84. The third-order valence-corrected chi connectivity index (χ3v) is 5.14. The summed E-state index contributed by atoms with van der Waals surface area (Å²) in [5, 5.41) is 0. The largest absolute Gasteiger partial charge is 0.158 e. The smallest absolute Gasteiger partial charge is 0.0135 e. The van der Waals surface area contributed by atoms with Crippen molar-refractivity contribution >= 4 is 11.8 Å². The van der Waals surface area contributed by atoms with Crippen molar-refractivity contribution < 1.29 is 0 Å². The Morgan fingerprint density at radius 3 is 1.19 bits per heavy atom. The molecule has 0 aliphatic carbocycles. The minimum atomic E-state index is 1.33. The molecule has 0 aromatic carbocycles. The molecule has 0 heterocycles. The molecule has 21 heavy (non-hydrogen) atoms. The van der Waals surface area contributed by atoms with Crippen molar-refractivity contribution in [1.82, 2.24) is 0 Å². The summed E-state index contributed by atoms with van der Waals surface area (Å²) in [7, 11) is 0. The monoisotopic (exact) mass is 313 g/mol. The fourth-order valence-electron chi connectivity index (χ4n) is 2.85. The van der Waals surface area contributed by atoms with Gasteiger partial charge in [0.05, 0.1) is 0 Å². The third kappa shape index (κ3) is 20.4. The standard InChI is InChI=1S/C20H41S/c1-3-5-6-7-8-9-10-11-12-13-14-15-16-17-18-19-20-21-4-2/h4H,3,5-20H2,1-2H3. The van der Waals surface area contributed by atoms with E-state index in [1.54, 1.807) is 0 Å². The predicted octanol–water partition coefficient (Wildman–Crippen LogP) is 8.16. The molecular formula is C20H41S. The highest BCUT2D eigenvalue weighted by atomic mass is 32.2. The van der Waals surface area contributed by atoms with E-state index >= 15 is 0 Å². The lowest BCUT2D eigenvalue weighted by atomic mass is 10.0. The van der Waals surface area contributed by atoms with Crippen LogP contribution in [0.4, 0.5) is 0 Å². The van der Waals surface area contributed by atoms with Crippen LogP contribution in [-0.2, 0) is 0 Å². The molecule has 0 bridgehead atoms. The Bertz CT molecular complexity index is 149. The lowest BCUT2D eigenvalue weighted by Gasteiger charge is -2.03. The number of hydrogen-bond acceptors (Lipinski definition) is 1. The van der Waals surface area contributed by atoms with Gasteiger partial charge >= 0.3 is 0 Å². The minimum Gasteiger partial charge on any atom is -0.158 e. The Labute approximate surface area is 140 Å². The van der Waals surface area contributed by atoms with Gasteiger partial charge in [0.25, 0.3) is 0 Å². The van der Waals surface area contributed by atoms with Crippen LogP contribution in [0, 0.1) is 5.75 Å². The molecule has 0 amide bonds. The van der Waals surface area contributed by atoms with Crippen molar-refractivity contribution in [3.8, 4) is 0 Å². The first-order valence-electron chi connectivity index (χ1n) is 9.81. The highest BCUT2D eigenvalue weighted by Gasteiger charge is 1.94. The highest BCUT2D eigenvalue weighted by Crippen LogP contribution is 2.14. The molecule has 0 aliphatic heterocycles. The molecule has 0 aromatic heterocycles. The van der Waals surface area contributed by atoms with E-state index < -0.39 is 0 Å². The van der Waals surface area contributed by atoms with Gasteiger partial charge in [-0.3, -0.25) is 0 Å². The second-order valence-corrected chi connectivity index (χ2v) is 7.62. The third-order valence-electron chi connectivity index (χ3n) is 4.28. The van der Waals surface area contributed by atoms with E-state index in [0.29, 0.717) is 0 Å². The van der Waals surface area contributed by atoms with Crippen LogP contribution >= 0.6 is 11.8 Å². The zero-order valence-corrected chi connectivity index (χ0v) is 15.8. The Morgan fingerprint density at radius 2 is 0.857 bits per heavy atom. The summed E-state index contributed by atoms with van der Waals surface area (Å²) in [4.78, 5) is 0. The molecule has 127 valence electrons. The summed E-state index contributed by atoms with van der Waals surface area (Å²) in [5.74, 6) is 3.54. The van der Waals surface area contributed by atoms with E-state index in [9.17, 15) is 0 Å². The zero-order chi connectivity index (χ0) is 15.4. The summed E-state index contributed by atoms with van der Waals surface area (Å²) < 4.78 is 0. The highest BCUT2D eigenvalue weighted by molar-refractivity contribution is 8.01. The predicted molar refractivity (Wildman–Crippen MR) is 102 cm³/mol. The molecule has 0 rings (SSSR count). The Kier molecular flexibility index (Phi) is 20.7. The molecule has 1 heteroatoms. The molecule has 1 radical (unpaired) electrons. The van der Waals surface area contributed by atoms with Crippen LogP contribution in [-0.4, -0.2) is 5.75 Å². The molecule has 0 aromatic rings. The number of rotatable bonds is 18. The second kappa shape index (κ2) is 20.3. The Morgan fingerprint density at radius 1 is 0.524 bits per heavy atom. The van der Waals surface area contributed by atoms with Gasteiger partial charge in [-0.05, 0) is 12.2 Å². The summed E-state index contributed by atoms with van der Waals surface area (Å²) in [5.41, 5.74) is 0. The van der Waals surface area contributed by atoms with Crippen molar-refractivity contribution in [2.24, 2.45) is 0 Å². The van der Waals surface area contributed by atoms with Crippen LogP contribution in [0.3, 0.4) is 0 Å². The van der Waals surface area contributed by atoms with Crippen LogP contribution < -0.4 is 0 Å². The molecule has 0 spiro atoms. The first-order valence-corrected chi connectivity index (χ1v) is 10.9. The average Bonchev–Trinajstić information content (AvgIpc) is 2.50. The summed E-state index contributed by atoms with van der Waals surface area (Å²) >= 11 is 1.97. The van der Waals surface area contributed by atoms with Crippen molar-refractivity contribution in [3.05, 3.63) is 5.75 Å². The summed E-state index contributed by atoms with van der Waals surface area (Å²) in [6.07, 6.45) is 23.4. The Balaban J connectivity index is 2.90. The van der Waals surface area contributed by atoms with Gasteiger partial charge < -0.3 is 0 Å². The normalized spacial score (nSPS) is 11.1. The maximum absolute atomic E-state index is 2.30. The number of thioether (sulfide) groups is 1. The summed E-state index contributed by atoms with van der Waals surface area (Å²) in [6, 6.07) is 0. The quantitative estimate of drug-likeness (QED) is 0.230. The van der Waals surface area contributed by atoms with Crippen molar-refractivity contribution in [3.63, 3.8) is 0 Å². The van der Waals surface area contributed by atoms with E-state index in [-0.39, 0.29) is 0 Å². The molecule has 0 unspecified atom stereocenters. The SMILES string of the molecule is C[CH]SCCCCCCCCCCCCCCCCCC. The van der Waals surface area contributed by atoms with Crippen LogP contribution in [0.25, 0.3) is 0 Å². The van der Waals surface area contributed by atoms with Crippen molar-refractivity contribution in [2.45, 2.75) is 117 Å². The van der Waals surface area contributed by atoms with E-state index in [1.165, 1.54) is 108 Å². The first kappa shape index (κ1) is 21.4. The van der Waals surface area contributed by atoms with Gasteiger partial charge in [-0.25, -0.2) is 0 Å². The topological polar surface area (TPSA) is 0 Å². The molecule has 0 fully saturated rings. The molecule has 0 atom stereocenters. The van der Waals surface area contributed by atoms with Crippen molar-refractivity contribution in [1.29, 1.82) is 0 Å². The van der Waals surface area contributed by atoms with Crippen LogP contribution in [0.2, 0.25) is 0 Å². The molecule has 0 saturated carbocycles. The molecule has 0 saturated heterocycles. The first-order chi connectivity index (χ1) is 10.4. The van der Waals surface area contributed by atoms with Gasteiger partial charge in [-0.15, -0.1) is 0 Å². The Hall–Kier alpha value is 0.350. The van der Waals surface area contributed by atoms with Gasteiger partial charge in [0, 0.05) is 5.75 Å². The van der Waals surface area contributed by atoms with E-state index in [1.807, 2.05) is 11.8 Å². The van der Waals surface area contributed by atoms with Gasteiger partial charge in [0.1, 0.15) is 0 Å². The zero-order valence-electron chi connectivity index (χ0n) is 15.0. The molecule has 0 N–H and O–H groups in total. The number of hydrogen-bond donors (Lipinski definition) is 0. The van der Waals surface area contributed by atoms with Crippen LogP contribution in [0.5, 0.6) is 0 Å². The average molecular weight is 314 g/mol. The van der Waals surface area contributed by atoms with E-state index in [2.05, 4.69) is 19.6 Å². The molecular weight excluding hydrogens is 272 g/mol. The maximum atomic E-state index is 2.30. The minimum absolute atomic E-state index is 1.33. The fourth-order valence-corrected chi connectivity index (χ4v) is 3.46. The van der Waals surface area contributed by atoms with Gasteiger partial charge in [-0.2, -0.15) is 11.8 Å². The molecule has 0 nitrogen and oxygen atoms in total. The van der Waals surface area contributed by atoms with Gasteiger partial charge in [-0.1, -0.05) is 110 Å². The van der Waals surface area contributed by atoms with E-state index in [4.69, 9.17) is 0 Å². The van der Waals surface area contributed by atoms with E-state index in [0.717, 1.165) is 0 Å². The number of unbranched alkanes of at least 4 members (excludes halogenated alkanes) is 15. The van der Waals surface area contributed by atoms with Gasteiger partial charge in [0.2, 0.25) is 0 Å².